The molecule has 5 heteroatoms. The fraction of sp³-hybridized carbons (Fsp3) is 0.174. The van der Waals surface area contributed by atoms with E-state index in [1.807, 2.05) is 49.4 Å². The normalized spacial score (nSPS) is 13.6. The third-order valence-electron chi connectivity index (χ3n) is 4.69. The molecule has 0 spiro atoms. The molecule has 0 aliphatic carbocycles. The van der Waals surface area contributed by atoms with Crippen LogP contribution in [0.3, 0.4) is 0 Å². The first-order chi connectivity index (χ1) is 13.6. The third-order valence-corrected chi connectivity index (χ3v) is 4.69. The maximum absolute atomic E-state index is 12.7. The first-order valence-corrected chi connectivity index (χ1v) is 9.16. The minimum atomic E-state index is -0.912. The summed E-state index contributed by atoms with van der Waals surface area (Å²) in [5.74, 6) is 0.859. The first-order valence-electron chi connectivity index (χ1n) is 9.16. The molecule has 0 fully saturated rings. The van der Waals surface area contributed by atoms with E-state index in [0.29, 0.717) is 41.5 Å². The van der Waals surface area contributed by atoms with Crippen molar-refractivity contribution in [3.05, 3.63) is 89.0 Å². The molecule has 1 aliphatic rings. The summed E-state index contributed by atoms with van der Waals surface area (Å²) >= 11 is 0. The zero-order valence-corrected chi connectivity index (χ0v) is 15.5. The van der Waals surface area contributed by atoms with Gasteiger partial charge in [0.1, 0.15) is 19.3 Å². The lowest BCUT2D eigenvalue weighted by Crippen LogP contribution is -2.18. The van der Waals surface area contributed by atoms with Crippen LogP contribution in [-0.2, 0) is 0 Å². The molecule has 1 atom stereocenters. The number of aryl methyl sites for hydroxylation is 1. The largest absolute Gasteiger partial charge is 0.486 e. The molecule has 0 unspecified atom stereocenters. The Hall–Kier alpha value is -3.31. The molecule has 0 aromatic heterocycles. The molecule has 4 rings (SSSR count). The number of aliphatic hydroxyl groups excluding tert-OH is 1. The van der Waals surface area contributed by atoms with Crippen LogP contribution >= 0.6 is 0 Å². The predicted octanol–water partition coefficient (Wildman–Crippen LogP) is 4.10. The molecule has 0 saturated heterocycles. The van der Waals surface area contributed by atoms with Gasteiger partial charge in [0, 0.05) is 17.2 Å². The fourth-order valence-electron chi connectivity index (χ4n) is 3.15. The van der Waals surface area contributed by atoms with Crippen LogP contribution < -0.4 is 14.8 Å². The van der Waals surface area contributed by atoms with E-state index in [4.69, 9.17) is 9.47 Å². The predicted molar refractivity (Wildman–Crippen MR) is 107 cm³/mol. The molecule has 0 bridgehead atoms. The minimum Gasteiger partial charge on any atom is -0.486 e. The van der Waals surface area contributed by atoms with Crippen LogP contribution in [0.2, 0.25) is 0 Å². The fourth-order valence-corrected chi connectivity index (χ4v) is 3.15. The topological polar surface area (TPSA) is 67.8 Å². The van der Waals surface area contributed by atoms with E-state index in [1.54, 1.807) is 24.3 Å². The van der Waals surface area contributed by atoms with Crippen LogP contribution in [0, 0.1) is 6.92 Å². The van der Waals surface area contributed by atoms with Gasteiger partial charge in [0.2, 0.25) is 0 Å². The number of carbonyl (C=O) groups is 1. The molecule has 3 aromatic carbocycles. The summed E-state index contributed by atoms with van der Waals surface area (Å²) in [5.41, 5.74) is 3.39. The summed E-state index contributed by atoms with van der Waals surface area (Å²) in [5, 5.41) is 13.9. The van der Waals surface area contributed by atoms with Gasteiger partial charge in [-0.2, -0.15) is 0 Å². The molecule has 142 valence electrons. The number of carbonyl (C=O) groups excluding carboxylic acids is 1. The number of amides is 1. The molecule has 1 amide bonds. The zero-order valence-electron chi connectivity index (χ0n) is 15.5. The highest BCUT2D eigenvalue weighted by atomic mass is 16.6. The molecular weight excluding hydrogens is 354 g/mol. The van der Waals surface area contributed by atoms with E-state index in [9.17, 15) is 9.90 Å². The number of hydrogen-bond donors (Lipinski definition) is 2. The molecule has 1 aliphatic heterocycles. The van der Waals surface area contributed by atoms with Crippen molar-refractivity contribution in [2.45, 2.75) is 13.0 Å². The lowest BCUT2D eigenvalue weighted by Gasteiger charge is -2.23. The van der Waals surface area contributed by atoms with E-state index in [1.165, 1.54) is 0 Å². The highest BCUT2D eigenvalue weighted by molar-refractivity contribution is 6.05. The molecule has 5 nitrogen and oxygen atoms in total. The Morgan fingerprint density at radius 2 is 1.61 bits per heavy atom. The summed E-state index contributed by atoms with van der Waals surface area (Å²) in [6.45, 7) is 2.86. The van der Waals surface area contributed by atoms with Crippen LogP contribution in [0.4, 0.5) is 5.69 Å². The quantitative estimate of drug-likeness (QED) is 0.720. The van der Waals surface area contributed by atoms with Crippen molar-refractivity contribution in [3.63, 3.8) is 0 Å². The minimum absolute atomic E-state index is 0.252. The van der Waals surface area contributed by atoms with Gasteiger partial charge in [-0.3, -0.25) is 4.79 Å². The van der Waals surface area contributed by atoms with Crippen molar-refractivity contribution in [2.75, 3.05) is 18.5 Å². The standard InChI is InChI=1S/C23H21NO4/c1-15-7-9-17(10-8-15)23(26)24-19-14-21-20(27-11-12-28-21)13-18(19)22(25)16-5-3-2-4-6-16/h2-10,13-14,22,25H,11-12H2,1H3,(H,24,26)/t22-/m0/s1. The van der Waals surface area contributed by atoms with Crippen molar-refractivity contribution in [1.82, 2.24) is 0 Å². The van der Waals surface area contributed by atoms with Crippen LogP contribution in [-0.4, -0.2) is 24.2 Å². The smallest absolute Gasteiger partial charge is 0.255 e. The number of nitrogens with one attached hydrogen (secondary N) is 1. The molecule has 1 heterocycles. The monoisotopic (exact) mass is 375 g/mol. The second-order valence-electron chi connectivity index (χ2n) is 6.72. The second kappa shape index (κ2) is 7.74. The summed E-state index contributed by atoms with van der Waals surface area (Å²) < 4.78 is 11.3. The SMILES string of the molecule is Cc1ccc(C(=O)Nc2cc3c(cc2[C@@H](O)c2ccccc2)OCCO3)cc1. The Morgan fingerprint density at radius 3 is 2.29 bits per heavy atom. The van der Waals surface area contributed by atoms with Crippen molar-refractivity contribution in [2.24, 2.45) is 0 Å². The van der Waals surface area contributed by atoms with E-state index in [0.717, 1.165) is 11.1 Å². The van der Waals surface area contributed by atoms with Crippen LogP contribution in [0.25, 0.3) is 0 Å². The average molecular weight is 375 g/mol. The number of ether oxygens (including phenoxy) is 2. The van der Waals surface area contributed by atoms with Crippen LogP contribution in [0.1, 0.15) is 33.2 Å². The number of fused-ring (bicyclic) bond motifs is 1. The summed E-state index contributed by atoms with van der Waals surface area (Å²) in [4.78, 5) is 12.7. The van der Waals surface area contributed by atoms with Gasteiger partial charge in [-0.1, -0.05) is 48.0 Å². The van der Waals surface area contributed by atoms with E-state index in [2.05, 4.69) is 5.32 Å². The number of anilines is 1. The van der Waals surface area contributed by atoms with Crippen LogP contribution in [0.15, 0.2) is 66.7 Å². The van der Waals surface area contributed by atoms with Crippen molar-refractivity contribution >= 4 is 11.6 Å². The molecule has 2 N–H and O–H groups in total. The molecule has 0 radical (unpaired) electrons. The van der Waals surface area contributed by atoms with Crippen molar-refractivity contribution in [3.8, 4) is 11.5 Å². The van der Waals surface area contributed by atoms with Gasteiger partial charge in [-0.25, -0.2) is 0 Å². The Morgan fingerprint density at radius 1 is 0.964 bits per heavy atom. The molecule has 0 saturated carbocycles. The van der Waals surface area contributed by atoms with Gasteiger partial charge in [-0.15, -0.1) is 0 Å². The molecule has 3 aromatic rings. The van der Waals surface area contributed by atoms with Gasteiger partial charge in [0.15, 0.2) is 11.5 Å². The summed E-state index contributed by atoms with van der Waals surface area (Å²) in [7, 11) is 0. The average Bonchev–Trinajstić information content (AvgIpc) is 2.74. The van der Waals surface area contributed by atoms with Gasteiger partial charge < -0.3 is 19.9 Å². The van der Waals surface area contributed by atoms with E-state index in [-0.39, 0.29) is 5.91 Å². The Labute approximate surface area is 163 Å². The molecule has 28 heavy (non-hydrogen) atoms. The zero-order chi connectivity index (χ0) is 19.5. The highest BCUT2D eigenvalue weighted by Gasteiger charge is 2.22. The van der Waals surface area contributed by atoms with Crippen molar-refractivity contribution in [1.29, 1.82) is 0 Å². The number of rotatable bonds is 4. The summed E-state index contributed by atoms with van der Waals surface area (Å²) in [6.07, 6.45) is -0.912. The highest BCUT2D eigenvalue weighted by Crippen LogP contribution is 2.39. The van der Waals surface area contributed by atoms with E-state index >= 15 is 0 Å². The van der Waals surface area contributed by atoms with Crippen LogP contribution in [0.5, 0.6) is 11.5 Å². The lowest BCUT2D eigenvalue weighted by atomic mass is 9.98. The number of hydrogen-bond acceptors (Lipinski definition) is 4. The Bertz CT molecular complexity index is 983. The summed E-state index contributed by atoms with van der Waals surface area (Å²) in [6, 6.07) is 20.1. The lowest BCUT2D eigenvalue weighted by molar-refractivity contribution is 0.102. The van der Waals surface area contributed by atoms with Gasteiger partial charge in [0.05, 0.1) is 5.69 Å². The first kappa shape index (κ1) is 18.1. The Balaban J connectivity index is 1.72. The van der Waals surface area contributed by atoms with Gasteiger partial charge >= 0.3 is 0 Å². The number of aliphatic hydroxyl groups is 1. The van der Waals surface area contributed by atoms with Gasteiger partial charge in [0.25, 0.3) is 5.91 Å². The van der Waals surface area contributed by atoms with Gasteiger partial charge in [-0.05, 0) is 30.7 Å². The third kappa shape index (κ3) is 3.70. The maximum atomic E-state index is 12.7. The van der Waals surface area contributed by atoms with Crippen molar-refractivity contribution < 1.29 is 19.4 Å². The Kier molecular flexibility index (Phi) is 5.00. The second-order valence-corrected chi connectivity index (χ2v) is 6.72. The van der Waals surface area contributed by atoms with E-state index < -0.39 is 6.10 Å². The maximum Gasteiger partial charge on any atom is 0.255 e. The molecular formula is C23H21NO4. The number of benzene rings is 3.